The highest BCUT2D eigenvalue weighted by molar-refractivity contribution is 9.09. The fourth-order valence-corrected chi connectivity index (χ4v) is 2.83. The van der Waals surface area contributed by atoms with E-state index in [1.54, 1.807) is 0 Å². The molecule has 0 aromatic carbocycles. The summed E-state index contributed by atoms with van der Waals surface area (Å²) in [5, 5.41) is 0. The molecule has 0 N–H and O–H groups in total. The first-order chi connectivity index (χ1) is 2.79. The van der Waals surface area contributed by atoms with Gasteiger partial charge >= 0.3 is 0 Å². The van der Waals surface area contributed by atoms with Crippen LogP contribution in [0.3, 0.4) is 0 Å². The highest BCUT2D eigenvalue weighted by Crippen LogP contribution is 2.17. The molecule has 0 saturated carbocycles. The van der Waals surface area contributed by atoms with Crippen LogP contribution >= 0.6 is 15.9 Å². The van der Waals surface area contributed by atoms with Gasteiger partial charge in [-0.05, 0) is 0 Å². The van der Waals surface area contributed by atoms with Gasteiger partial charge in [-0.1, -0.05) is 27.1 Å². The number of alkyl halides is 1. The molecule has 3 heteroatoms. The number of rotatable bonds is 0. The van der Waals surface area contributed by atoms with E-state index in [-0.39, 0.29) is 0 Å². The zero-order chi connectivity index (χ0) is 4.57. The molecule has 1 heterocycles. The highest BCUT2D eigenvalue weighted by Gasteiger charge is 2.28. The van der Waals surface area contributed by atoms with Gasteiger partial charge in [0.05, 0.1) is 0 Å². The summed E-state index contributed by atoms with van der Waals surface area (Å²) < 4.78 is 10.2. The van der Waals surface area contributed by atoms with Gasteiger partial charge in [-0.3, -0.25) is 0 Å². The second kappa shape index (κ2) is 1.72. The smallest absolute Gasteiger partial charge is 0.122 e. The summed E-state index contributed by atoms with van der Waals surface area (Å²) in [6.07, 6.45) is 0. The van der Waals surface area contributed by atoms with E-state index in [0.29, 0.717) is 4.83 Å². The Labute approximate surface area is 48.4 Å². The predicted octanol–water partition coefficient (Wildman–Crippen LogP) is 0.512. The molecule has 1 fully saturated rings. The molecular formula is C3H5BrOS. The van der Waals surface area contributed by atoms with Gasteiger partial charge in [0.1, 0.15) is 16.3 Å². The predicted molar refractivity (Wildman–Crippen MR) is 30.6 cm³/mol. The van der Waals surface area contributed by atoms with Gasteiger partial charge in [-0.15, -0.1) is 0 Å². The van der Waals surface area contributed by atoms with Crippen LogP contribution in [0.2, 0.25) is 0 Å². The molecule has 1 saturated heterocycles. The Hall–Kier alpha value is 0.790. The van der Waals surface area contributed by atoms with Crippen LogP contribution in [-0.4, -0.2) is 20.9 Å². The lowest BCUT2D eigenvalue weighted by molar-refractivity contribution is 0.582. The van der Waals surface area contributed by atoms with Crippen molar-refractivity contribution in [3.8, 4) is 0 Å². The number of halogens is 1. The molecular weight excluding hydrogens is 164 g/mol. The molecule has 0 unspecified atom stereocenters. The minimum atomic E-state index is -0.469. The molecule has 0 aromatic rings. The summed E-state index contributed by atoms with van der Waals surface area (Å²) in [7, 11) is 0. The summed E-state index contributed by atoms with van der Waals surface area (Å²) in [5.74, 6) is 1.72. The molecule has 1 aliphatic rings. The fourth-order valence-electron chi connectivity index (χ4n) is 0.355. The van der Waals surface area contributed by atoms with Gasteiger partial charge in [0.25, 0.3) is 0 Å². The van der Waals surface area contributed by atoms with E-state index in [9.17, 15) is 4.55 Å². The summed E-state index contributed by atoms with van der Waals surface area (Å²) in [5.41, 5.74) is 0. The lowest BCUT2D eigenvalue weighted by Crippen LogP contribution is -2.36. The normalized spacial score (nSPS) is 45.0. The largest absolute Gasteiger partial charge is 0.616 e. The average molecular weight is 169 g/mol. The SMILES string of the molecule is [O-][S@+]1C[C@@H](Br)C1. The Balaban J connectivity index is 2.11. The molecule has 6 heavy (non-hydrogen) atoms. The number of hydrogen-bond acceptors (Lipinski definition) is 1. The van der Waals surface area contributed by atoms with Crippen molar-refractivity contribution in [3.63, 3.8) is 0 Å². The van der Waals surface area contributed by atoms with Crippen LogP contribution < -0.4 is 0 Å². The summed E-state index contributed by atoms with van der Waals surface area (Å²) >= 11 is 2.84. The molecule has 1 rings (SSSR count). The molecule has 0 aliphatic carbocycles. The van der Waals surface area contributed by atoms with Crippen molar-refractivity contribution in [1.29, 1.82) is 0 Å². The average Bonchev–Trinajstić information content (AvgIpc) is 1.33. The Kier molecular flexibility index (Phi) is 1.41. The second-order valence-electron chi connectivity index (χ2n) is 1.37. The van der Waals surface area contributed by atoms with Crippen LogP contribution in [0.15, 0.2) is 0 Å². The van der Waals surface area contributed by atoms with Crippen molar-refractivity contribution in [1.82, 2.24) is 0 Å². The van der Waals surface area contributed by atoms with Crippen LogP contribution in [0.1, 0.15) is 0 Å². The van der Waals surface area contributed by atoms with Gasteiger partial charge in [0.15, 0.2) is 0 Å². The molecule has 0 bridgehead atoms. The summed E-state index contributed by atoms with van der Waals surface area (Å²) in [6, 6.07) is 0. The zero-order valence-corrected chi connectivity index (χ0v) is 5.59. The summed E-state index contributed by atoms with van der Waals surface area (Å²) in [4.78, 5) is 0.554. The maximum absolute atomic E-state index is 10.2. The van der Waals surface area contributed by atoms with E-state index in [1.165, 1.54) is 0 Å². The van der Waals surface area contributed by atoms with E-state index < -0.39 is 11.2 Å². The van der Waals surface area contributed by atoms with Crippen LogP contribution in [0, 0.1) is 0 Å². The molecule has 0 radical (unpaired) electrons. The van der Waals surface area contributed by atoms with Crippen LogP contribution in [0.25, 0.3) is 0 Å². The zero-order valence-electron chi connectivity index (χ0n) is 3.19. The van der Waals surface area contributed by atoms with E-state index >= 15 is 0 Å². The highest BCUT2D eigenvalue weighted by atomic mass is 79.9. The second-order valence-corrected chi connectivity index (χ2v) is 4.21. The van der Waals surface area contributed by atoms with Crippen molar-refractivity contribution in [2.24, 2.45) is 0 Å². The van der Waals surface area contributed by atoms with Gasteiger partial charge in [0, 0.05) is 0 Å². The molecule has 1 nitrogen and oxygen atoms in total. The minimum Gasteiger partial charge on any atom is -0.616 e. The fraction of sp³-hybridized carbons (Fsp3) is 1.00. The van der Waals surface area contributed by atoms with Gasteiger partial charge in [-0.2, -0.15) is 0 Å². The molecule has 36 valence electrons. The molecule has 0 aromatic heterocycles. The molecule has 0 atom stereocenters. The third kappa shape index (κ3) is 0.891. The van der Waals surface area contributed by atoms with E-state index in [1.807, 2.05) is 0 Å². The van der Waals surface area contributed by atoms with Crippen molar-refractivity contribution < 1.29 is 4.55 Å². The Morgan fingerprint density at radius 3 is 2.17 bits per heavy atom. The van der Waals surface area contributed by atoms with Crippen molar-refractivity contribution in [2.75, 3.05) is 11.5 Å². The lowest BCUT2D eigenvalue weighted by atomic mass is 10.5. The maximum atomic E-state index is 10.2. The Morgan fingerprint density at radius 2 is 2.17 bits per heavy atom. The topological polar surface area (TPSA) is 23.1 Å². The number of hydrogen-bond donors (Lipinski definition) is 0. The van der Waals surface area contributed by atoms with Crippen molar-refractivity contribution >= 4 is 27.1 Å². The first kappa shape index (κ1) is 4.94. The Bertz CT molecular complexity index is 46.8. The minimum absolute atomic E-state index is 0.469. The van der Waals surface area contributed by atoms with Crippen LogP contribution in [0.4, 0.5) is 0 Å². The third-order valence-corrected chi connectivity index (χ3v) is 3.79. The maximum Gasteiger partial charge on any atom is 0.122 e. The van der Waals surface area contributed by atoms with Gasteiger partial charge in [-0.25, -0.2) is 0 Å². The lowest BCUT2D eigenvalue weighted by Gasteiger charge is -2.23. The molecule has 1 aliphatic heterocycles. The van der Waals surface area contributed by atoms with Gasteiger partial charge < -0.3 is 4.55 Å². The van der Waals surface area contributed by atoms with Gasteiger partial charge in [0.2, 0.25) is 0 Å². The van der Waals surface area contributed by atoms with Crippen LogP contribution in [-0.2, 0) is 11.2 Å². The third-order valence-electron chi connectivity index (χ3n) is 0.733. The van der Waals surface area contributed by atoms with Crippen molar-refractivity contribution in [3.05, 3.63) is 0 Å². The standard InChI is InChI=1S/C3H5BrOS/c4-3-1-6(5)2-3/h3H,1-2H2/t3-,6-. The Morgan fingerprint density at radius 1 is 1.67 bits per heavy atom. The van der Waals surface area contributed by atoms with E-state index in [0.717, 1.165) is 11.5 Å². The first-order valence-corrected chi connectivity index (χ1v) is 4.18. The van der Waals surface area contributed by atoms with Crippen molar-refractivity contribution in [2.45, 2.75) is 4.83 Å². The molecule has 0 spiro atoms. The quantitative estimate of drug-likeness (QED) is 0.382. The van der Waals surface area contributed by atoms with E-state index in [2.05, 4.69) is 15.9 Å². The van der Waals surface area contributed by atoms with E-state index in [4.69, 9.17) is 0 Å². The first-order valence-electron chi connectivity index (χ1n) is 1.78. The monoisotopic (exact) mass is 168 g/mol. The van der Waals surface area contributed by atoms with Crippen LogP contribution in [0.5, 0.6) is 0 Å². The molecule has 0 amide bonds. The summed E-state index contributed by atoms with van der Waals surface area (Å²) in [6.45, 7) is 0.